The van der Waals surface area contributed by atoms with Crippen molar-refractivity contribution in [3.63, 3.8) is 0 Å². The third-order valence-corrected chi connectivity index (χ3v) is 36.8. The Morgan fingerprint density at radius 1 is 0.188 bits per heavy atom. The molecule has 0 radical (unpaired) electrons. The summed E-state index contributed by atoms with van der Waals surface area (Å²) in [5.41, 5.74) is 0. The van der Waals surface area contributed by atoms with Crippen LogP contribution in [0.3, 0.4) is 0 Å². The lowest BCUT2D eigenvalue weighted by Gasteiger charge is -2.52. The molecule has 19 rings (SSSR count). The van der Waals surface area contributed by atoms with Gasteiger partial charge in [0.1, 0.15) is 0 Å². The molecule has 96 heavy (non-hydrogen) atoms. The molecule has 0 amide bonds. The number of rotatable bonds is 10. The Morgan fingerprint density at radius 3 is 0.708 bits per heavy atom. The average Bonchev–Trinajstić information content (AvgIpc) is 1.54. The Morgan fingerprint density at radius 2 is 0.427 bits per heavy atom. The highest BCUT2D eigenvalue weighted by Crippen LogP contribution is 2.64. The van der Waals surface area contributed by atoms with Crippen LogP contribution in [0.2, 0.25) is 0 Å². The molecular weight excluding hydrogens is 1170 g/mol. The molecule has 24 unspecified atom stereocenters. The van der Waals surface area contributed by atoms with Crippen molar-refractivity contribution in [1.29, 1.82) is 0 Å². The highest BCUT2D eigenvalue weighted by molar-refractivity contribution is 5.17. The molecule has 6 heterocycles. The van der Waals surface area contributed by atoms with E-state index < -0.39 is 0 Å². The molecule has 6 aliphatic heterocycles. The Kier molecular flexibility index (Phi) is 20.4. The molecule has 19 aliphatic rings. The molecular formula is C86H146N10. The van der Waals surface area contributed by atoms with Gasteiger partial charge < -0.3 is 42.5 Å². The summed E-state index contributed by atoms with van der Waals surface area (Å²) < 4.78 is 0. The average molecular weight is 1320 g/mol. The topological polar surface area (TPSA) is 103 Å². The molecule has 24 atom stereocenters. The number of hydrogen-bond acceptors (Lipinski definition) is 10. The molecule has 0 aromatic rings. The zero-order valence-corrected chi connectivity index (χ0v) is 61.3. The fourth-order valence-corrected chi connectivity index (χ4v) is 32.4. The summed E-state index contributed by atoms with van der Waals surface area (Å²) in [6, 6.07) is 8.54. The summed E-state index contributed by atoms with van der Waals surface area (Å²) in [4.78, 5) is 7.22. The van der Waals surface area contributed by atoms with E-state index in [-0.39, 0.29) is 0 Å². The Labute approximate surface area is 587 Å². The van der Waals surface area contributed by atoms with Crippen LogP contribution in [0.1, 0.15) is 283 Å². The molecule has 0 aromatic heterocycles. The van der Waals surface area contributed by atoms with E-state index in [0.717, 1.165) is 229 Å². The van der Waals surface area contributed by atoms with Crippen molar-refractivity contribution in [3.05, 3.63) is 0 Å². The smallest absolute Gasteiger partial charge is 0.0456 e. The largest absolute Gasteiger partial charge is 0.304 e. The number of hydrogen-bond donors (Lipinski definition) is 8. The zero-order chi connectivity index (χ0) is 63.2. The van der Waals surface area contributed by atoms with Gasteiger partial charge in [-0.2, -0.15) is 0 Å². The van der Waals surface area contributed by atoms with Gasteiger partial charge >= 0.3 is 0 Å². The Bertz CT molecular complexity index is 2210. The maximum Gasteiger partial charge on any atom is 0.0456 e. The fourth-order valence-electron chi connectivity index (χ4n) is 32.4. The molecule has 0 spiro atoms. The molecule has 0 aromatic carbocycles. The first-order valence-electron chi connectivity index (χ1n) is 44.8. The lowest BCUT2D eigenvalue weighted by atomic mass is 9.59. The minimum Gasteiger partial charge on any atom is -0.304 e. The summed E-state index contributed by atoms with van der Waals surface area (Å²) in [6.07, 6.45) is 68.3. The number of fused-ring (bicyclic) bond motifs is 11. The van der Waals surface area contributed by atoms with Gasteiger partial charge in [0.25, 0.3) is 0 Å². The number of likely N-dealkylation sites (tertiary alicyclic amines) is 2. The minimum absolute atomic E-state index is 0.795. The van der Waals surface area contributed by atoms with Crippen LogP contribution in [0.5, 0.6) is 0 Å². The lowest BCUT2D eigenvalue weighted by molar-refractivity contribution is -0.0269. The summed E-state index contributed by atoms with van der Waals surface area (Å²) in [6.45, 7) is 9.25. The van der Waals surface area contributed by atoms with E-state index in [1.54, 1.807) is 193 Å². The highest BCUT2D eigenvalue weighted by Gasteiger charge is 2.65. The van der Waals surface area contributed by atoms with Crippen LogP contribution in [0.4, 0.5) is 0 Å². The molecule has 10 nitrogen and oxygen atoms in total. The van der Waals surface area contributed by atoms with E-state index in [9.17, 15) is 0 Å². The predicted octanol–water partition coefficient (Wildman–Crippen LogP) is 15.0. The highest BCUT2D eigenvalue weighted by atomic mass is 15.3. The Balaban J connectivity index is 0.573. The predicted molar refractivity (Wildman–Crippen MR) is 392 cm³/mol. The summed E-state index contributed by atoms with van der Waals surface area (Å²) in [5, 5.41) is 30.5. The van der Waals surface area contributed by atoms with Gasteiger partial charge in [-0.3, -0.25) is 9.80 Å². The van der Waals surface area contributed by atoms with Crippen molar-refractivity contribution in [2.24, 2.45) is 142 Å². The summed E-state index contributed by atoms with van der Waals surface area (Å²) >= 11 is 0. The molecule has 0 bridgehead atoms. The molecule has 540 valence electrons. The van der Waals surface area contributed by atoms with Crippen molar-refractivity contribution in [2.45, 2.75) is 343 Å². The van der Waals surface area contributed by atoms with Crippen LogP contribution in [0, 0.1) is 142 Å². The zero-order valence-electron chi connectivity index (χ0n) is 61.3. The number of nitrogens with one attached hydrogen (secondary N) is 8. The molecule has 8 N–H and O–H groups in total. The normalized spacial score (nSPS) is 54.4. The van der Waals surface area contributed by atoms with Gasteiger partial charge in [-0.1, -0.05) is 25.7 Å². The van der Waals surface area contributed by atoms with E-state index in [4.69, 9.17) is 0 Å². The third kappa shape index (κ3) is 13.2. The maximum atomic E-state index is 3.88. The monoisotopic (exact) mass is 1320 g/mol. The minimum atomic E-state index is 0.795. The number of nitrogens with zero attached hydrogens (tertiary/aromatic N) is 2. The van der Waals surface area contributed by atoms with E-state index in [2.05, 4.69) is 52.3 Å². The van der Waals surface area contributed by atoms with Gasteiger partial charge in [0.2, 0.25) is 0 Å². The van der Waals surface area contributed by atoms with E-state index in [0.29, 0.717) is 0 Å². The maximum absolute atomic E-state index is 3.88. The first-order valence-corrected chi connectivity index (χ1v) is 44.8. The van der Waals surface area contributed by atoms with Crippen molar-refractivity contribution in [1.82, 2.24) is 52.3 Å². The standard InChI is InChI=1S/C86H146N10/c1-3-7-81-75(5-1)85-83(95(81)73-41-65(57-17-9-53(10-18-57)61-25-29-77-69(35-61)45-87-49-91-77)39-66(42-73)58-19-11-54(12-20-58)62-26-30-78-70(36-62)46-88-50-92-78)33-34-84-86(85)76-6-2-4-8-82(76)96(84)74-43-67(59-21-13-55(14-22-59)63-27-31-79-71(37-63)47-89-51-93-79)40-68(44-74)60-23-15-56(16-24-60)64-28-32-80-72(38-64)48-90-52-94-80/h53-94H,1-52H2. The first kappa shape index (κ1) is 66.3. The second-order valence-electron chi connectivity index (χ2n) is 40.4. The van der Waals surface area contributed by atoms with Crippen molar-refractivity contribution in [2.75, 3.05) is 52.9 Å². The molecule has 13 saturated carbocycles. The van der Waals surface area contributed by atoms with Crippen LogP contribution >= 0.6 is 0 Å². The quantitative estimate of drug-likeness (QED) is 0.108. The second-order valence-corrected chi connectivity index (χ2v) is 40.4. The van der Waals surface area contributed by atoms with Gasteiger partial charge in [-0.25, -0.2) is 0 Å². The van der Waals surface area contributed by atoms with Crippen LogP contribution in [0.15, 0.2) is 0 Å². The third-order valence-electron chi connectivity index (χ3n) is 36.8. The molecule has 13 aliphatic carbocycles. The van der Waals surface area contributed by atoms with Gasteiger partial charge in [0.15, 0.2) is 0 Å². The van der Waals surface area contributed by atoms with Crippen LogP contribution in [0.25, 0.3) is 0 Å². The van der Waals surface area contributed by atoms with Crippen LogP contribution in [-0.2, 0) is 0 Å². The van der Waals surface area contributed by atoms with E-state index in [1.807, 2.05) is 0 Å². The first-order chi connectivity index (χ1) is 47.5. The van der Waals surface area contributed by atoms with Crippen LogP contribution < -0.4 is 42.5 Å². The van der Waals surface area contributed by atoms with Crippen molar-refractivity contribution in [3.8, 4) is 0 Å². The van der Waals surface area contributed by atoms with Crippen molar-refractivity contribution < 1.29 is 0 Å². The van der Waals surface area contributed by atoms with E-state index >= 15 is 0 Å². The van der Waals surface area contributed by atoms with Gasteiger partial charge in [-0.15, -0.1) is 0 Å². The molecule has 10 heteroatoms. The molecule has 19 fully saturated rings. The fraction of sp³-hybridized carbons (Fsp3) is 1.00. The molecule has 6 saturated heterocycles. The summed E-state index contributed by atoms with van der Waals surface area (Å²) in [7, 11) is 0. The Hall–Kier alpha value is -0.400. The second kappa shape index (κ2) is 29.5. The van der Waals surface area contributed by atoms with Gasteiger partial charge in [0, 0.05) is 113 Å². The van der Waals surface area contributed by atoms with Gasteiger partial charge in [-0.05, 0) is 399 Å². The lowest BCUT2D eigenvalue weighted by Crippen LogP contribution is -2.55. The van der Waals surface area contributed by atoms with E-state index in [1.165, 1.54) is 116 Å². The summed E-state index contributed by atoms with van der Waals surface area (Å²) in [5.74, 6) is 23.6. The van der Waals surface area contributed by atoms with Gasteiger partial charge in [0.05, 0.1) is 0 Å². The SMILES string of the molecule is C1CCC2C(C1)C1C3C4CCCCC4N(C4CC(C5CCC(C6CCC7NCNCC7C6)CC5)CC(C5CCC(C6CCC7NCNCC7C6)CC5)C4)C3CCC1N2C1CC(C2CCC(C3CCC4NCNCC4C3)CC2)CC(C2CCC(C3CCC4NCNCC4C3)CC2)C1. The van der Waals surface area contributed by atoms with Crippen molar-refractivity contribution >= 4 is 0 Å². The van der Waals surface area contributed by atoms with Crippen LogP contribution in [-0.4, -0.2) is 123 Å².